The number of hydrogen-bond donors (Lipinski definition) is 3. The fourth-order valence-electron chi connectivity index (χ4n) is 2.19. The first-order chi connectivity index (χ1) is 7.89. The van der Waals surface area contributed by atoms with Crippen LogP contribution in [0.2, 0.25) is 0 Å². The highest BCUT2D eigenvalue weighted by Crippen LogP contribution is 2.40. The van der Waals surface area contributed by atoms with Crippen molar-refractivity contribution in [2.24, 2.45) is 4.99 Å². The highest BCUT2D eigenvalue weighted by Gasteiger charge is 2.56. The zero-order chi connectivity index (χ0) is 10.8. The van der Waals surface area contributed by atoms with E-state index >= 15 is 0 Å². The smallest absolute Gasteiger partial charge is 0.202 e. The standard InChI is InChI=1S/C11H18N4O/c1-2-10-11(16-10)8-14-6-4-12-3-5-13-7-9(1)15-11/h1-2,10,12-14H,3-8H2/i13+1. The second-order valence-corrected chi connectivity index (χ2v) is 4.45. The number of epoxide rings is 1. The molecule has 16 heavy (non-hydrogen) atoms. The molecule has 5 heteroatoms. The number of nitrogens with zero attached hydrogens (tertiary/aromatic N) is 1. The van der Waals surface area contributed by atoms with Crippen molar-refractivity contribution in [1.29, 1.82) is 0 Å². The third-order valence-corrected chi connectivity index (χ3v) is 3.16. The van der Waals surface area contributed by atoms with Crippen LogP contribution in [0.4, 0.5) is 0 Å². The summed E-state index contributed by atoms with van der Waals surface area (Å²) in [6.45, 7) is 5.58. The van der Waals surface area contributed by atoms with Crippen molar-refractivity contribution in [2.45, 2.75) is 11.8 Å². The zero-order valence-corrected chi connectivity index (χ0v) is 9.33. The first-order valence-electron chi connectivity index (χ1n) is 5.96. The van der Waals surface area contributed by atoms with Gasteiger partial charge in [0, 0.05) is 39.3 Å². The van der Waals surface area contributed by atoms with Crippen molar-refractivity contribution in [3.63, 3.8) is 0 Å². The fraction of sp³-hybridized carbons (Fsp3) is 0.727. The molecule has 0 aliphatic carbocycles. The Morgan fingerprint density at radius 2 is 2.00 bits per heavy atom. The van der Waals surface area contributed by atoms with E-state index in [4.69, 9.17) is 4.74 Å². The first kappa shape index (κ1) is 10.4. The van der Waals surface area contributed by atoms with Gasteiger partial charge in [-0.1, -0.05) is 0 Å². The van der Waals surface area contributed by atoms with Crippen LogP contribution >= 0.6 is 0 Å². The summed E-state index contributed by atoms with van der Waals surface area (Å²) in [6.07, 6.45) is 4.39. The lowest BCUT2D eigenvalue weighted by molar-refractivity contribution is 0.297. The number of nitrogens with one attached hydrogen (secondary N) is 3. The van der Waals surface area contributed by atoms with Crippen LogP contribution in [0.1, 0.15) is 0 Å². The van der Waals surface area contributed by atoms with Crippen molar-refractivity contribution in [3.8, 4) is 0 Å². The molecule has 3 N–H and O–H groups in total. The van der Waals surface area contributed by atoms with Crippen molar-refractivity contribution in [2.75, 3.05) is 39.3 Å². The number of aliphatic imine (C=N–C) groups is 1. The molecule has 0 amide bonds. The lowest BCUT2D eigenvalue weighted by Crippen LogP contribution is -2.40. The van der Waals surface area contributed by atoms with Crippen LogP contribution in [0.3, 0.4) is 0 Å². The van der Waals surface area contributed by atoms with E-state index in [1.54, 1.807) is 0 Å². The predicted octanol–water partition coefficient (Wildman–Crippen LogP) is -1.13. The molecule has 0 radical (unpaired) electrons. The summed E-state index contributed by atoms with van der Waals surface area (Å²) < 4.78 is 5.66. The summed E-state index contributed by atoms with van der Waals surface area (Å²) in [6, 6.07) is 0. The molecule has 3 rings (SSSR count). The van der Waals surface area contributed by atoms with E-state index in [0.717, 1.165) is 45.0 Å². The van der Waals surface area contributed by atoms with E-state index < -0.39 is 0 Å². The highest BCUT2D eigenvalue weighted by molar-refractivity contribution is 5.98. The molecule has 3 heterocycles. The third-order valence-electron chi connectivity index (χ3n) is 3.16. The summed E-state index contributed by atoms with van der Waals surface area (Å²) in [4.78, 5) is 4.68. The monoisotopic (exact) mass is 223 g/mol. The van der Waals surface area contributed by atoms with Crippen molar-refractivity contribution >= 4 is 5.71 Å². The summed E-state index contributed by atoms with van der Waals surface area (Å²) in [5.74, 6) is 0. The van der Waals surface area contributed by atoms with Gasteiger partial charge < -0.3 is 20.7 Å². The summed E-state index contributed by atoms with van der Waals surface area (Å²) in [5, 5.41) is 10.1. The van der Waals surface area contributed by atoms with E-state index in [1.165, 1.54) is 0 Å². The van der Waals surface area contributed by atoms with Crippen LogP contribution < -0.4 is 16.0 Å². The van der Waals surface area contributed by atoms with Crippen LogP contribution in [0.15, 0.2) is 17.1 Å². The molecule has 0 aromatic rings. The zero-order valence-electron chi connectivity index (χ0n) is 9.33. The van der Waals surface area contributed by atoms with Gasteiger partial charge in [0.1, 0.15) is 6.10 Å². The Labute approximate surface area is 95.3 Å². The predicted molar refractivity (Wildman–Crippen MR) is 62.8 cm³/mol. The molecule has 1 saturated heterocycles. The Bertz CT molecular complexity index is 328. The maximum absolute atomic E-state index is 5.66. The Morgan fingerprint density at radius 3 is 2.94 bits per heavy atom. The lowest BCUT2D eigenvalue weighted by Gasteiger charge is -2.16. The minimum absolute atomic E-state index is 0.194. The third kappa shape index (κ3) is 2.04. The number of ether oxygens (including phenoxy) is 1. The molecule has 2 unspecified atom stereocenters. The Kier molecular flexibility index (Phi) is 2.77. The lowest BCUT2D eigenvalue weighted by atomic mass is 10.1. The minimum Gasteiger partial charge on any atom is -0.337 e. The molecule has 1 spiro atoms. The number of dihydropyridines is 1. The van der Waals surface area contributed by atoms with Gasteiger partial charge in [-0.25, -0.2) is 4.99 Å². The average Bonchev–Trinajstić information content (AvgIpc) is 2.99. The fourth-order valence-corrected chi connectivity index (χ4v) is 2.19. The minimum atomic E-state index is -0.287. The largest absolute Gasteiger partial charge is 0.337 e. The number of rotatable bonds is 0. The van der Waals surface area contributed by atoms with Crippen molar-refractivity contribution in [1.82, 2.24) is 16.0 Å². The normalized spacial score (nSPS) is 39.0. The van der Waals surface area contributed by atoms with Crippen LogP contribution in [0.5, 0.6) is 0 Å². The Balaban J connectivity index is 1.69. The van der Waals surface area contributed by atoms with Gasteiger partial charge in [-0.15, -0.1) is 0 Å². The van der Waals surface area contributed by atoms with Crippen molar-refractivity contribution < 1.29 is 4.74 Å². The molecule has 2 bridgehead atoms. The molecule has 0 saturated carbocycles. The van der Waals surface area contributed by atoms with Gasteiger partial charge in [0.25, 0.3) is 0 Å². The van der Waals surface area contributed by atoms with E-state index in [1.807, 2.05) is 0 Å². The van der Waals surface area contributed by atoms with Gasteiger partial charge in [-0.2, -0.15) is 0 Å². The molecular formula is C11H18N4O. The molecule has 2 atom stereocenters. The molecule has 5 nitrogen and oxygen atoms in total. The summed E-state index contributed by atoms with van der Waals surface area (Å²) in [5.41, 5.74) is 0.807. The second-order valence-electron chi connectivity index (χ2n) is 4.45. The molecule has 3 aliphatic rings. The molecule has 3 aliphatic heterocycles. The van der Waals surface area contributed by atoms with Gasteiger partial charge in [-0.05, 0) is 12.2 Å². The molecule has 1 fully saturated rings. The molecule has 88 valence electrons. The van der Waals surface area contributed by atoms with Gasteiger partial charge in [0.05, 0.1) is 5.71 Å². The summed E-state index contributed by atoms with van der Waals surface area (Å²) >= 11 is 0. The van der Waals surface area contributed by atoms with Gasteiger partial charge >= 0.3 is 0 Å². The molecule has 0 aromatic carbocycles. The average molecular weight is 223 g/mol. The quantitative estimate of drug-likeness (QED) is 0.359. The Morgan fingerprint density at radius 1 is 1.19 bits per heavy atom. The van der Waals surface area contributed by atoms with Gasteiger partial charge in [-0.3, -0.25) is 0 Å². The van der Waals surface area contributed by atoms with Gasteiger partial charge in [0.2, 0.25) is 5.72 Å². The van der Waals surface area contributed by atoms with Crippen molar-refractivity contribution in [3.05, 3.63) is 12.2 Å². The van der Waals surface area contributed by atoms with E-state index in [2.05, 4.69) is 33.1 Å². The molecular weight excluding hydrogens is 205 g/mol. The van der Waals surface area contributed by atoms with E-state index in [-0.39, 0.29) is 11.8 Å². The number of hydrogen-bond acceptors (Lipinski definition) is 5. The molecule has 0 aromatic heterocycles. The maximum atomic E-state index is 5.66. The van der Waals surface area contributed by atoms with Crippen LogP contribution in [0, 0.1) is 0 Å². The van der Waals surface area contributed by atoms with Crippen LogP contribution in [-0.4, -0.2) is 56.8 Å². The van der Waals surface area contributed by atoms with Gasteiger partial charge in [0.15, 0.2) is 0 Å². The Hall–Kier alpha value is -0.750. The van der Waals surface area contributed by atoms with E-state index in [0.29, 0.717) is 0 Å². The topological polar surface area (TPSA) is 61.0 Å². The first-order valence-corrected chi connectivity index (χ1v) is 5.96. The summed E-state index contributed by atoms with van der Waals surface area (Å²) in [7, 11) is 0. The van der Waals surface area contributed by atoms with E-state index in [9.17, 15) is 0 Å². The van der Waals surface area contributed by atoms with Crippen LogP contribution in [0.25, 0.3) is 0 Å². The van der Waals surface area contributed by atoms with Crippen LogP contribution in [-0.2, 0) is 4.74 Å². The SMILES string of the molecule is C1=CC2OC23CNCCNCC[15NH]CC1=N3. The second kappa shape index (κ2) is 4.25. The maximum Gasteiger partial charge on any atom is 0.202 e. The highest BCUT2D eigenvalue weighted by atomic mass is 16.6.